The number of methoxy groups -OCH3 is 1. The molecule has 114 valence electrons. The molecule has 3 rings (SSSR count). The van der Waals surface area contributed by atoms with Crippen LogP contribution in [0, 0.1) is 5.92 Å². The Morgan fingerprint density at radius 1 is 1.33 bits per heavy atom. The monoisotopic (exact) mass is 308 g/mol. The maximum absolute atomic E-state index is 12.1. The Bertz CT molecular complexity index is 561. The summed E-state index contributed by atoms with van der Waals surface area (Å²) >= 11 is 6.43. The van der Waals surface area contributed by atoms with Crippen LogP contribution in [0.5, 0.6) is 0 Å². The van der Waals surface area contributed by atoms with Crippen LogP contribution >= 0.6 is 11.6 Å². The normalized spacial score (nSPS) is 24.8. The number of benzene rings is 1. The lowest BCUT2D eigenvalue weighted by atomic mass is 9.91. The van der Waals surface area contributed by atoms with Gasteiger partial charge in [0.25, 0.3) is 0 Å². The zero-order valence-corrected chi connectivity index (χ0v) is 13.0. The van der Waals surface area contributed by atoms with E-state index >= 15 is 0 Å². The van der Waals surface area contributed by atoms with Crippen molar-refractivity contribution in [3.63, 3.8) is 0 Å². The third kappa shape index (κ3) is 2.57. The molecule has 21 heavy (non-hydrogen) atoms. The minimum absolute atomic E-state index is 0.376. The molecular formula is C16H21ClN2O2. The van der Waals surface area contributed by atoms with Crippen molar-refractivity contribution in [3.8, 4) is 0 Å². The molecule has 1 aromatic carbocycles. The number of nitrogens with zero attached hydrogens (tertiary/aromatic N) is 1. The Kier molecular flexibility index (Phi) is 3.98. The third-order valence-corrected chi connectivity index (χ3v) is 5.06. The number of carbonyl (C=O) groups is 1. The lowest BCUT2D eigenvalue weighted by molar-refractivity contribution is 0.0601. The number of carbonyl (C=O) groups excluding carboxylic acids is 1. The van der Waals surface area contributed by atoms with Gasteiger partial charge in [-0.25, -0.2) is 4.79 Å². The molecule has 0 aromatic heterocycles. The molecule has 2 atom stereocenters. The first-order chi connectivity index (χ1) is 10.1. The van der Waals surface area contributed by atoms with E-state index in [-0.39, 0.29) is 5.97 Å². The van der Waals surface area contributed by atoms with Gasteiger partial charge in [0.1, 0.15) is 0 Å². The molecule has 1 aliphatic heterocycles. The van der Waals surface area contributed by atoms with Crippen LogP contribution in [-0.2, 0) is 4.74 Å². The highest BCUT2D eigenvalue weighted by molar-refractivity contribution is 6.34. The van der Waals surface area contributed by atoms with Crippen LogP contribution in [0.4, 0.5) is 11.4 Å². The van der Waals surface area contributed by atoms with Crippen molar-refractivity contribution >= 4 is 28.9 Å². The number of fused-ring (bicyclic) bond motifs is 1. The molecule has 1 heterocycles. The maximum Gasteiger partial charge on any atom is 0.340 e. The van der Waals surface area contributed by atoms with E-state index in [4.69, 9.17) is 22.1 Å². The van der Waals surface area contributed by atoms with Crippen molar-refractivity contribution in [3.05, 3.63) is 22.7 Å². The van der Waals surface area contributed by atoms with Crippen molar-refractivity contribution in [2.75, 3.05) is 24.3 Å². The van der Waals surface area contributed by atoms with Crippen LogP contribution in [0.25, 0.3) is 0 Å². The SMILES string of the molecule is COC(=O)c1cc(N)cc(Cl)c1N1CCCC2CCCC21. The van der Waals surface area contributed by atoms with Crippen LogP contribution in [-0.4, -0.2) is 25.7 Å². The molecule has 2 fully saturated rings. The number of rotatable bonds is 2. The number of nitrogens with two attached hydrogens (primary N) is 1. The minimum Gasteiger partial charge on any atom is -0.465 e. The molecule has 0 amide bonds. The van der Waals surface area contributed by atoms with Gasteiger partial charge >= 0.3 is 5.97 Å². The highest BCUT2D eigenvalue weighted by Gasteiger charge is 2.37. The fraction of sp³-hybridized carbons (Fsp3) is 0.562. The molecule has 5 heteroatoms. The van der Waals surface area contributed by atoms with Gasteiger partial charge in [0.05, 0.1) is 23.4 Å². The highest BCUT2D eigenvalue weighted by atomic mass is 35.5. The van der Waals surface area contributed by atoms with Crippen LogP contribution in [0.2, 0.25) is 5.02 Å². The second kappa shape index (κ2) is 5.76. The summed E-state index contributed by atoms with van der Waals surface area (Å²) in [5.74, 6) is 0.345. The average Bonchev–Trinajstić information content (AvgIpc) is 2.94. The zero-order valence-electron chi connectivity index (χ0n) is 12.3. The van der Waals surface area contributed by atoms with Gasteiger partial charge in [0.2, 0.25) is 0 Å². The Balaban J connectivity index is 2.06. The highest BCUT2D eigenvalue weighted by Crippen LogP contribution is 2.43. The summed E-state index contributed by atoms with van der Waals surface area (Å²) in [4.78, 5) is 14.4. The van der Waals surface area contributed by atoms with E-state index < -0.39 is 0 Å². The van der Waals surface area contributed by atoms with E-state index in [2.05, 4.69) is 4.90 Å². The number of hydrogen-bond acceptors (Lipinski definition) is 4. The smallest absolute Gasteiger partial charge is 0.340 e. The van der Waals surface area contributed by atoms with Crippen molar-refractivity contribution in [1.82, 2.24) is 0 Å². The van der Waals surface area contributed by atoms with Crippen LogP contribution in [0.1, 0.15) is 42.5 Å². The molecule has 2 aliphatic rings. The van der Waals surface area contributed by atoms with Crippen LogP contribution < -0.4 is 10.6 Å². The van der Waals surface area contributed by atoms with Gasteiger partial charge in [-0.05, 0) is 43.7 Å². The molecule has 0 radical (unpaired) electrons. The quantitative estimate of drug-likeness (QED) is 0.671. The molecule has 0 spiro atoms. The molecule has 1 aliphatic carbocycles. The summed E-state index contributed by atoms with van der Waals surface area (Å²) in [6, 6.07) is 3.89. The summed E-state index contributed by atoms with van der Waals surface area (Å²) in [5.41, 5.74) is 7.62. The number of ether oxygens (including phenoxy) is 1. The first-order valence-electron chi connectivity index (χ1n) is 7.55. The molecule has 4 nitrogen and oxygen atoms in total. The third-order valence-electron chi connectivity index (χ3n) is 4.77. The largest absolute Gasteiger partial charge is 0.465 e. The second-order valence-corrected chi connectivity index (χ2v) is 6.39. The molecule has 2 unspecified atom stereocenters. The van der Waals surface area contributed by atoms with Gasteiger partial charge in [0, 0.05) is 18.3 Å². The number of esters is 1. The Labute approximate surface area is 130 Å². The Morgan fingerprint density at radius 3 is 2.86 bits per heavy atom. The van der Waals surface area contributed by atoms with Crippen molar-refractivity contribution in [2.24, 2.45) is 5.92 Å². The number of nitrogen functional groups attached to an aromatic ring is 1. The van der Waals surface area contributed by atoms with E-state index in [0.717, 1.165) is 24.6 Å². The maximum atomic E-state index is 12.1. The summed E-state index contributed by atoms with van der Waals surface area (Å²) in [6.07, 6.45) is 6.13. The standard InChI is InChI=1S/C16H21ClN2O2/c1-21-16(20)12-8-11(18)9-13(17)15(12)19-7-3-5-10-4-2-6-14(10)19/h8-10,14H,2-7,18H2,1H3. The van der Waals surface area contributed by atoms with Gasteiger partial charge in [-0.2, -0.15) is 0 Å². The summed E-state index contributed by atoms with van der Waals surface area (Å²) in [7, 11) is 1.39. The average molecular weight is 309 g/mol. The van der Waals surface area contributed by atoms with Crippen molar-refractivity contribution in [1.29, 1.82) is 0 Å². The summed E-state index contributed by atoms with van der Waals surface area (Å²) in [6.45, 7) is 0.939. The van der Waals surface area contributed by atoms with Gasteiger partial charge < -0.3 is 15.4 Å². The molecule has 2 N–H and O–H groups in total. The van der Waals surface area contributed by atoms with E-state index in [0.29, 0.717) is 22.3 Å². The first kappa shape index (κ1) is 14.5. The predicted octanol–water partition coefficient (Wildman–Crippen LogP) is 3.48. The van der Waals surface area contributed by atoms with E-state index in [1.807, 2.05) is 0 Å². The van der Waals surface area contributed by atoms with E-state index in [1.54, 1.807) is 12.1 Å². The predicted molar refractivity (Wildman–Crippen MR) is 84.9 cm³/mol. The second-order valence-electron chi connectivity index (χ2n) is 5.98. The molecule has 1 saturated carbocycles. The minimum atomic E-state index is -0.376. The van der Waals surface area contributed by atoms with E-state index in [1.165, 1.54) is 32.8 Å². The Morgan fingerprint density at radius 2 is 2.10 bits per heavy atom. The first-order valence-corrected chi connectivity index (χ1v) is 7.93. The fourth-order valence-electron chi connectivity index (χ4n) is 3.91. The number of anilines is 2. The molecular weight excluding hydrogens is 288 g/mol. The summed E-state index contributed by atoms with van der Waals surface area (Å²) < 4.78 is 4.91. The van der Waals surface area contributed by atoms with Gasteiger partial charge in [-0.1, -0.05) is 18.0 Å². The summed E-state index contributed by atoms with van der Waals surface area (Å²) in [5, 5.41) is 0.544. The molecule has 0 bridgehead atoms. The van der Waals surface area contributed by atoms with Crippen LogP contribution in [0.3, 0.4) is 0 Å². The molecule has 1 aromatic rings. The van der Waals surface area contributed by atoms with Gasteiger partial charge in [-0.3, -0.25) is 0 Å². The lowest BCUT2D eigenvalue weighted by Crippen LogP contribution is -2.43. The zero-order chi connectivity index (χ0) is 15.0. The Hall–Kier alpha value is -1.42. The van der Waals surface area contributed by atoms with Crippen LogP contribution in [0.15, 0.2) is 12.1 Å². The molecule has 1 saturated heterocycles. The number of halogens is 1. The van der Waals surface area contributed by atoms with Gasteiger partial charge in [-0.15, -0.1) is 0 Å². The van der Waals surface area contributed by atoms with Crippen molar-refractivity contribution in [2.45, 2.75) is 38.1 Å². The fourth-order valence-corrected chi connectivity index (χ4v) is 4.25. The number of hydrogen-bond donors (Lipinski definition) is 1. The lowest BCUT2D eigenvalue weighted by Gasteiger charge is -2.40. The van der Waals surface area contributed by atoms with Gasteiger partial charge in [0.15, 0.2) is 0 Å². The van der Waals surface area contributed by atoms with Crippen molar-refractivity contribution < 1.29 is 9.53 Å². The topological polar surface area (TPSA) is 55.6 Å². The van der Waals surface area contributed by atoms with E-state index in [9.17, 15) is 4.79 Å². The number of piperidine rings is 1.